The van der Waals surface area contributed by atoms with Gasteiger partial charge in [0, 0.05) is 23.5 Å². The van der Waals surface area contributed by atoms with Crippen LogP contribution in [0.25, 0.3) is 0 Å². The van der Waals surface area contributed by atoms with Crippen LogP contribution in [0.2, 0.25) is 0 Å². The maximum Gasteiger partial charge on any atom is 0.242 e. The first-order chi connectivity index (χ1) is 9.15. The largest absolute Gasteiger partial charge is 0.310 e. The Bertz CT molecular complexity index is 533. The normalized spacial score (nSPS) is 14.2. The van der Waals surface area contributed by atoms with Crippen LogP contribution in [0.3, 0.4) is 0 Å². The van der Waals surface area contributed by atoms with E-state index >= 15 is 0 Å². The second-order valence-electron chi connectivity index (χ2n) is 5.86. The topological polar surface area (TPSA) is 58.2 Å². The molecule has 0 spiro atoms. The fraction of sp³-hybridized carbons (Fsp3) is 0.714. The minimum atomic E-state index is -3.45. The van der Waals surface area contributed by atoms with Gasteiger partial charge >= 0.3 is 0 Å². The van der Waals surface area contributed by atoms with Crippen molar-refractivity contribution in [2.45, 2.75) is 65.1 Å². The van der Waals surface area contributed by atoms with Crippen molar-refractivity contribution in [2.24, 2.45) is 5.92 Å². The summed E-state index contributed by atoms with van der Waals surface area (Å²) >= 11 is 1.50. The Hall–Kier alpha value is -0.430. The van der Waals surface area contributed by atoms with Gasteiger partial charge in [-0.25, -0.2) is 13.1 Å². The van der Waals surface area contributed by atoms with Gasteiger partial charge in [-0.15, -0.1) is 11.3 Å². The van der Waals surface area contributed by atoms with Crippen molar-refractivity contribution in [1.29, 1.82) is 0 Å². The third-order valence-electron chi connectivity index (χ3n) is 3.27. The van der Waals surface area contributed by atoms with Crippen LogP contribution in [0.4, 0.5) is 0 Å². The smallest absolute Gasteiger partial charge is 0.242 e. The van der Waals surface area contributed by atoms with Gasteiger partial charge in [0.1, 0.15) is 4.90 Å². The second-order valence-corrected chi connectivity index (χ2v) is 8.48. The van der Waals surface area contributed by atoms with E-state index in [4.69, 9.17) is 0 Å². The number of sulfonamides is 1. The lowest BCUT2D eigenvalue weighted by atomic mass is 10.1. The van der Waals surface area contributed by atoms with Gasteiger partial charge in [-0.3, -0.25) is 0 Å². The minimum absolute atomic E-state index is 0.0785. The van der Waals surface area contributed by atoms with Crippen LogP contribution in [0.5, 0.6) is 0 Å². The molecule has 1 aromatic heterocycles. The number of thiophene rings is 1. The van der Waals surface area contributed by atoms with E-state index < -0.39 is 10.0 Å². The van der Waals surface area contributed by atoms with Crippen LogP contribution in [-0.4, -0.2) is 20.5 Å². The zero-order valence-electron chi connectivity index (χ0n) is 13.1. The SMILES string of the molecule is Cc1csc(CNC(C)C)c1S(=O)(=O)NC(C)C(C)C. The molecule has 1 heterocycles. The van der Waals surface area contributed by atoms with Gasteiger partial charge < -0.3 is 5.32 Å². The molecular formula is C14H26N2O2S2. The lowest BCUT2D eigenvalue weighted by molar-refractivity contribution is 0.476. The first kappa shape index (κ1) is 17.6. The van der Waals surface area contributed by atoms with E-state index in [9.17, 15) is 8.42 Å². The third-order valence-corrected chi connectivity index (χ3v) is 6.29. The molecule has 1 aromatic rings. The number of aryl methyl sites for hydroxylation is 1. The Morgan fingerprint density at radius 1 is 1.20 bits per heavy atom. The molecule has 0 amide bonds. The molecule has 0 aliphatic carbocycles. The Kier molecular flexibility index (Phi) is 6.19. The highest BCUT2D eigenvalue weighted by molar-refractivity contribution is 7.89. The monoisotopic (exact) mass is 318 g/mol. The zero-order valence-corrected chi connectivity index (χ0v) is 14.8. The van der Waals surface area contributed by atoms with Crippen LogP contribution in [0, 0.1) is 12.8 Å². The molecule has 0 saturated heterocycles. The van der Waals surface area contributed by atoms with Crippen LogP contribution >= 0.6 is 11.3 Å². The number of hydrogen-bond acceptors (Lipinski definition) is 4. The Morgan fingerprint density at radius 3 is 2.30 bits per heavy atom. The molecule has 1 rings (SSSR count). The van der Waals surface area contributed by atoms with Crippen molar-refractivity contribution < 1.29 is 8.42 Å². The summed E-state index contributed by atoms with van der Waals surface area (Å²) in [5.74, 6) is 0.265. The van der Waals surface area contributed by atoms with Crippen LogP contribution in [0.1, 0.15) is 45.1 Å². The number of rotatable bonds is 7. The molecule has 6 heteroatoms. The highest BCUT2D eigenvalue weighted by Crippen LogP contribution is 2.27. The average molecular weight is 319 g/mol. The average Bonchev–Trinajstić information content (AvgIpc) is 2.67. The van der Waals surface area contributed by atoms with E-state index in [0.717, 1.165) is 10.4 Å². The Balaban J connectivity index is 3.02. The van der Waals surface area contributed by atoms with Gasteiger partial charge in [0.25, 0.3) is 0 Å². The predicted octanol–water partition coefficient (Wildman–Crippen LogP) is 2.88. The first-order valence-corrected chi connectivity index (χ1v) is 9.34. The lowest BCUT2D eigenvalue weighted by Crippen LogP contribution is -2.36. The molecule has 20 heavy (non-hydrogen) atoms. The van der Waals surface area contributed by atoms with E-state index in [0.29, 0.717) is 17.5 Å². The molecule has 0 aromatic carbocycles. The van der Waals surface area contributed by atoms with Crippen molar-refractivity contribution >= 4 is 21.4 Å². The van der Waals surface area contributed by atoms with Crippen LogP contribution in [-0.2, 0) is 16.6 Å². The van der Waals surface area contributed by atoms with E-state index in [1.165, 1.54) is 11.3 Å². The van der Waals surface area contributed by atoms with Crippen molar-refractivity contribution in [2.75, 3.05) is 0 Å². The summed E-state index contributed by atoms with van der Waals surface area (Å²) in [4.78, 5) is 1.32. The van der Waals surface area contributed by atoms with Crippen LogP contribution < -0.4 is 10.0 Å². The Labute approximate surface area is 127 Å². The maximum atomic E-state index is 12.6. The molecule has 1 unspecified atom stereocenters. The fourth-order valence-corrected chi connectivity index (χ4v) is 4.86. The Morgan fingerprint density at radius 2 is 1.80 bits per heavy atom. The summed E-state index contributed by atoms with van der Waals surface area (Å²) in [6, 6.07) is 0.251. The van der Waals surface area contributed by atoms with E-state index in [1.54, 1.807) is 0 Å². The van der Waals surface area contributed by atoms with Crippen molar-refractivity contribution in [3.8, 4) is 0 Å². The van der Waals surface area contributed by atoms with Crippen molar-refractivity contribution in [3.63, 3.8) is 0 Å². The summed E-state index contributed by atoms with van der Waals surface area (Å²) in [5, 5.41) is 5.19. The lowest BCUT2D eigenvalue weighted by Gasteiger charge is -2.18. The van der Waals surface area contributed by atoms with Gasteiger partial charge in [0.05, 0.1) is 0 Å². The summed E-state index contributed by atoms with van der Waals surface area (Å²) < 4.78 is 27.9. The highest BCUT2D eigenvalue weighted by atomic mass is 32.2. The quantitative estimate of drug-likeness (QED) is 0.813. The van der Waals surface area contributed by atoms with Gasteiger partial charge in [0.2, 0.25) is 10.0 Å². The molecule has 0 aliphatic rings. The molecule has 0 saturated carbocycles. The molecule has 0 bridgehead atoms. The fourth-order valence-electron chi connectivity index (χ4n) is 1.71. The summed E-state index contributed by atoms with van der Waals surface area (Å²) in [6.45, 7) is 12.5. The van der Waals surface area contributed by atoms with E-state index in [2.05, 4.69) is 10.0 Å². The van der Waals surface area contributed by atoms with Gasteiger partial charge in [-0.05, 0) is 30.7 Å². The van der Waals surface area contributed by atoms with E-state index in [-0.39, 0.29) is 12.0 Å². The molecule has 4 nitrogen and oxygen atoms in total. The molecule has 1 atom stereocenters. The molecular weight excluding hydrogens is 292 g/mol. The third kappa shape index (κ3) is 4.55. The van der Waals surface area contributed by atoms with Crippen LogP contribution in [0.15, 0.2) is 10.3 Å². The second kappa shape index (κ2) is 7.02. The molecule has 0 radical (unpaired) electrons. The number of hydrogen-bond donors (Lipinski definition) is 2. The van der Waals surface area contributed by atoms with Gasteiger partial charge in [-0.1, -0.05) is 27.7 Å². The minimum Gasteiger partial charge on any atom is -0.310 e. The molecule has 116 valence electrons. The number of nitrogens with one attached hydrogen (secondary N) is 2. The zero-order chi connectivity index (χ0) is 15.5. The highest BCUT2D eigenvalue weighted by Gasteiger charge is 2.25. The van der Waals surface area contributed by atoms with Crippen molar-refractivity contribution in [3.05, 3.63) is 15.8 Å². The van der Waals surface area contributed by atoms with Crippen molar-refractivity contribution in [1.82, 2.24) is 10.0 Å². The molecule has 2 N–H and O–H groups in total. The maximum absolute atomic E-state index is 12.6. The first-order valence-electron chi connectivity index (χ1n) is 6.97. The molecule has 0 fully saturated rings. The standard InChI is InChI=1S/C14H26N2O2S2/c1-9(2)12(6)16-20(17,18)14-11(5)8-19-13(14)7-15-10(3)4/h8-10,12,15-16H,7H2,1-6H3. The summed E-state index contributed by atoms with van der Waals surface area (Å²) in [7, 11) is -3.45. The predicted molar refractivity (Wildman–Crippen MR) is 85.7 cm³/mol. The summed E-state index contributed by atoms with van der Waals surface area (Å²) in [5.41, 5.74) is 0.819. The van der Waals surface area contributed by atoms with Gasteiger partial charge in [-0.2, -0.15) is 0 Å². The van der Waals surface area contributed by atoms with Gasteiger partial charge in [0.15, 0.2) is 0 Å². The molecule has 0 aliphatic heterocycles. The summed E-state index contributed by atoms with van der Waals surface area (Å²) in [6.07, 6.45) is 0. The van der Waals surface area contributed by atoms with E-state index in [1.807, 2.05) is 46.9 Å².